The molecule has 0 bridgehead atoms. The molecule has 9 heteroatoms. The quantitative estimate of drug-likeness (QED) is 0.632. The monoisotopic (exact) mass is 460 g/mol. The van der Waals surface area contributed by atoms with Gasteiger partial charge in [0.25, 0.3) is 5.91 Å². The van der Waals surface area contributed by atoms with Crippen LogP contribution in [-0.2, 0) is 4.79 Å². The second-order valence-corrected chi connectivity index (χ2v) is 8.22. The number of carbonyl (C=O) groups excluding carboxylic acids is 2. The minimum absolute atomic E-state index is 0.0495. The van der Waals surface area contributed by atoms with Crippen molar-refractivity contribution < 1.29 is 14.0 Å². The molecule has 0 radical (unpaired) electrons. The van der Waals surface area contributed by atoms with Crippen LogP contribution in [0.5, 0.6) is 0 Å². The van der Waals surface area contributed by atoms with E-state index in [2.05, 4.69) is 31.4 Å². The summed E-state index contributed by atoms with van der Waals surface area (Å²) in [6.07, 6.45) is 0.297. The van der Waals surface area contributed by atoms with E-state index in [-0.39, 0.29) is 23.5 Å². The van der Waals surface area contributed by atoms with Gasteiger partial charge in [0.05, 0.1) is 0 Å². The molecule has 2 aromatic carbocycles. The maximum Gasteiger partial charge on any atom is 0.257 e. The highest BCUT2D eigenvalue weighted by Gasteiger charge is 2.34. The van der Waals surface area contributed by atoms with E-state index in [1.807, 2.05) is 6.07 Å². The van der Waals surface area contributed by atoms with Crippen molar-refractivity contribution in [2.24, 2.45) is 0 Å². The number of nitrogens with zero attached hydrogens (tertiary/aromatic N) is 3. The molecule has 1 saturated heterocycles. The first-order valence-corrected chi connectivity index (χ1v) is 10.1. The van der Waals surface area contributed by atoms with Crippen LogP contribution < -0.4 is 10.2 Å². The third-order valence-electron chi connectivity index (χ3n) is 4.36. The van der Waals surface area contributed by atoms with Gasteiger partial charge >= 0.3 is 0 Å². The largest absolute Gasteiger partial charge is 0.312 e. The van der Waals surface area contributed by atoms with Crippen LogP contribution in [0.2, 0.25) is 0 Å². The molecular formula is C19H14BrFN4O2S. The first kappa shape index (κ1) is 18.7. The second-order valence-electron chi connectivity index (χ2n) is 6.29. The lowest BCUT2D eigenvalue weighted by molar-refractivity contribution is -0.117. The minimum atomic E-state index is -0.345. The molecule has 1 fully saturated rings. The number of hydrogen-bond acceptors (Lipinski definition) is 5. The standard InChI is InChI=1S/C19H14BrFN4O2S/c20-13-3-1-2-11(8-13)17(27)22-19-24-23-18(28-19)12-9-16(26)25(10-12)15-6-4-14(21)5-7-15/h1-8,12H,9-10H2,(H,22,24,27). The normalized spacial score (nSPS) is 16.4. The van der Waals surface area contributed by atoms with Crippen molar-refractivity contribution in [3.8, 4) is 0 Å². The Morgan fingerprint density at radius 1 is 1.21 bits per heavy atom. The van der Waals surface area contributed by atoms with Gasteiger partial charge in [-0.15, -0.1) is 10.2 Å². The number of rotatable bonds is 4. The Balaban J connectivity index is 1.45. The fourth-order valence-electron chi connectivity index (χ4n) is 2.99. The maximum atomic E-state index is 13.1. The SMILES string of the molecule is O=C(Nc1nnc(C2CC(=O)N(c3ccc(F)cc3)C2)s1)c1cccc(Br)c1. The van der Waals surface area contributed by atoms with Gasteiger partial charge in [-0.3, -0.25) is 14.9 Å². The summed E-state index contributed by atoms with van der Waals surface area (Å²) >= 11 is 4.59. The molecule has 6 nitrogen and oxygen atoms in total. The lowest BCUT2D eigenvalue weighted by Gasteiger charge is -2.16. The summed E-state index contributed by atoms with van der Waals surface area (Å²) in [5, 5.41) is 12.0. The molecule has 3 aromatic rings. The molecule has 142 valence electrons. The van der Waals surface area contributed by atoms with Gasteiger partial charge in [-0.2, -0.15) is 0 Å². The lowest BCUT2D eigenvalue weighted by atomic mass is 10.1. The summed E-state index contributed by atoms with van der Waals surface area (Å²) in [5.41, 5.74) is 1.16. The number of carbonyl (C=O) groups is 2. The molecule has 2 amide bonds. The van der Waals surface area contributed by atoms with Crippen LogP contribution in [0, 0.1) is 5.82 Å². The van der Waals surface area contributed by atoms with Crippen molar-refractivity contribution in [2.45, 2.75) is 12.3 Å². The smallest absolute Gasteiger partial charge is 0.257 e. The van der Waals surface area contributed by atoms with E-state index in [4.69, 9.17) is 0 Å². The summed E-state index contributed by atoms with van der Waals surface area (Å²) in [6, 6.07) is 12.9. The first-order chi connectivity index (χ1) is 13.5. The highest BCUT2D eigenvalue weighted by molar-refractivity contribution is 9.10. The third kappa shape index (κ3) is 3.95. The lowest BCUT2D eigenvalue weighted by Crippen LogP contribution is -2.24. The van der Waals surface area contributed by atoms with Crippen LogP contribution in [0.4, 0.5) is 15.2 Å². The average molecular weight is 461 g/mol. The van der Waals surface area contributed by atoms with Crippen molar-refractivity contribution in [3.63, 3.8) is 0 Å². The van der Waals surface area contributed by atoms with Crippen LogP contribution in [-0.4, -0.2) is 28.6 Å². The topological polar surface area (TPSA) is 75.2 Å². The van der Waals surface area contributed by atoms with E-state index in [9.17, 15) is 14.0 Å². The van der Waals surface area contributed by atoms with Gasteiger partial charge in [-0.05, 0) is 42.5 Å². The number of amides is 2. The predicted molar refractivity (Wildman–Crippen MR) is 108 cm³/mol. The predicted octanol–water partition coefficient (Wildman–Crippen LogP) is 4.21. The Kier molecular flexibility index (Phi) is 5.19. The molecule has 4 rings (SSSR count). The Morgan fingerprint density at radius 3 is 2.75 bits per heavy atom. The van der Waals surface area contributed by atoms with Crippen molar-refractivity contribution in [3.05, 3.63) is 69.4 Å². The highest BCUT2D eigenvalue weighted by Crippen LogP contribution is 2.34. The number of benzene rings is 2. The van der Waals surface area contributed by atoms with Gasteiger partial charge in [0.1, 0.15) is 10.8 Å². The van der Waals surface area contributed by atoms with E-state index in [1.54, 1.807) is 35.2 Å². The third-order valence-corrected chi connectivity index (χ3v) is 5.85. The Hall–Kier alpha value is -2.65. The summed E-state index contributed by atoms with van der Waals surface area (Å²) in [4.78, 5) is 26.3. The molecule has 1 unspecified atom stereocenters. The van der Waals surface area contributed by atoms with Crippen molar-refractivity contribution >= 4 is 49.9 Å². The second kappa shape index (κ2) is 7.76. The van der Waals surface area contributed by atoms with Gasteiger partial charge in [0.2, 0.25) is 11.0 Å². The fraction of sp³-hybridized carbons (Fsp3) is 0.158. The van der Waals surface area contributed by atoms with Crippen LogP contribution >= 0.6 is 27.3 Å². The zero-order valence-corrected chi connectivity index (χ0v) is 16.8. The van der Waals surface area contributed by atoms with E-state index in [1.165, 1.54) is 23.5 Å². The molecule has 0 saturated carbocycles. The van der Waals surface area contributed by atoms with Crippen LogP contribution in [0.25, 0.3) is 0 Å². The zero-order chi connectivity index (χ0) is 19.7. The number of nitrogens with one attached hydrogen (secondary N) is 1. The maximum absolute atomic E-state index is 13.1. The van der Waals surface area contributed by atoms with Crippen molar-refractivity contribution in [2.75, 3.05) is 16.8 Å². The number of aromatic nitrogens is 2. The molecular weight excluding hydrogens is 447 g/mol. The molecule has 1 aliphatic heterocycles. The molecule has 1 aliphatic rings. The molecule has 28 heavy (non-hydrogen) atoms. The van der Waals surface area contributed by atoms with Crippen LogP contribution in [0.1, 0.15) is 27.7 Å². The Morgan fingerprint density at radius 2 is 2.00 bits per heavy atom. The van der Waals surface area contributed by atoms with Crippen molar-refractivity contribution in [1.29, 1.82) is 0 Å². The Labute approximate surface area is 172 Å². The summed E-state index contributed by atoms with van der Waals surface area (Å²) < 4.78 is 13.9. The van der Waals surface area contributed by atoms with E-state index >= 15 is 0 Å². The van der Waals surface area contributed by atoms with E-state index < -0.39 is 0 Å². The van der Waals surface area contributed by atoms with Gasteiger partial charge in [0.15, 0.2) is 0 Å². The number of halogens is 2. The fourth-order valence-corrected chi connectivity index (χ4v) is 4.22. The molecule has 0 aliphatic carbocycles. The molecule has 0 spiro atoms. The molecule has 1 N–H and O–H groups in total. The Bertz CT molecular complexity index is 1040. The van der Waals surface area contributed by atoms with E-state index in [0.29, 0.717) is 34.4 Å². The number of anilines is 2. The average Bonchev–Trinajstić information content (AvgIpc) is 3.29. The van der Waals surface area contributed by atoms with Gasteiger partial charge in [-0.25, -0.2) is 4.39 Å². The summed E-state index contributed by atoms with van der Waals surface area (Å²) in [5.74, 6) is -0.792. The highest BCUT2D eigenvalue weighted by atomic mass is 79.9. The summed E-state index contributed by atoms with van der Waals surface area (Å²) in [6.45, 7) is 0.443. The van der Waals surface area contributed by atoms with E-state index in [0.717, 1.165) is 4.47 Å². The van der Waals surface area contributed by atoms with Gasteiger partial charge < -0.3 is 4.90 Å². The molecule has 2 heterocycles. The zero-order valence-electron chi connectivity index (χ0n) is 14.4. The van der Waals surface area contributed by atoms with Crippen LogP contribution in [0.3, 0.4) is 0 Å². The number of hydrogen-bond donors (Lipinski definition) is 1. The molecule has 1 atom stereocenters. The molecule has 1 aromatic heterocycles. The minimum Gasteiger partial charge on any atom is -0.312 e. The first-order valence-electron chi connectivity index (χ1n) is 8.46. The van der Waals surface area contributed by atoms with Crippen LogP contribution in [0.15, 0.2) is 53.0 Å². The van der Waals surface area contributed by atoms with Gasteiger partial charge in [0, 0.05) is 34.6 Å². The summed E-state index contributed by atoms with van der Waals surface area (Å²) in [7, 11) is 0. The van der Waals surface area contributed by atoms with Gasteiger partial charge in [-0.1, -0.05) is 33.3 Å². The van der Waals surface area contributed by atoms with Crippen molar-refractivity contribution in [1.82, 2.24) is 10.2 Å².